The van der Waals surface area contributed by atoms with Gasteiger partial charge in [0.15, 0.2) is 0 Å². The van der Waals surface area contributed by atoms with Crippen LogP contribution in [0.25, 0.3) is 21.9 Å². The Kier molecular flexibility index (Phi) is 5.49. The maximum atomic E-state index is 12.9. The van der Waals surface area contributed by atoms with Crippen LogP contribution in [0, 0.1) is 6.92 Å². The van der Waals surface area contributed by atoms with E-state index in [1.165, 1.54) is 16.5 Å². The van der Waals surface area contributed by atoms with Crippen molar-refractivity contribution in [3.05, 3.63) is 76.3 Å². The highest BCUT2D eigenvalue weighted by atomic mass is 16.2. The van der Waals surface area contributed by atoms with E-state index in [0.717, 1.165) is 48.9 Å². The van der Waals surface area contributed by atoms with Gasteiger partial charge in [-0.3, -0.25) is 19.1 Å². The molecule has 164 valence electrons. The van der Waals surface area contributed by atoms with E-state index in [4.69, 9.17) is 0 Å². The van der Waals surface area contributed by atoms with Crippen molar-refractivity contribution < 1.29 is 4.79 Å². The molecule has 0 spiro atoms. The minimum atomic E-state index is -0.225. The molecule has 2 aromatic carbocycles. The maximum absolute atomic E-state index is 12.9. The number of hydrogen-bond acceptors (Lipinski definition) is 4. The fourth-order valence-corrected chi connectivity index (χ4v) is 4.52. The van der Waals surface area contributed by atoms with Gasteiger partial charge in [-0.15, -0.1) is 0 Å². The SMILES string of the molecule is Cc1ccc2[nH]c3c(=O)n(CC(=O)NC4CCN(Cc5ccccc5)CC4)cnc3c2c1. The number of piperidine rings is 1. The van der Waals surface area contributed by atoms with Crippen LogP contribution in [0.5, 0.6) is 0 Å². The summed E-state index contributed by atoms with van der Waals surface area (Å²) in [6.45, 7) is 4.81. The zero-order valence-corrected chi connectivity index (χ0v) is 18.2. The number of H-pyrrole nitrogens is 1. The van der Waals surface area contributed by atoms with Crippen molar-refractivity contribution in [1.29, 1.82) is 0 Å². The van der Waals surface area contributed by atoms with Crippen molar-refractivity contribution in [2.75, 3.05) is 13.1 Å². The average Bonchev–Trinajstić information content (AvgIpc) is 3.16. The Bertz CT molecular complexity index is 1320. The second-order valence-electron chi connectivity index (χ2n) is 8.68. The van der Waals surface area contributed by atoms with E-state index in [9.17, 15) is 9.59 Å². The summed E-state index contributed by atoms with van der Waals surface area (Å²) in [5.74, 6) is -0.151. The molecule has 4 aromatic rings. The number of rotatable bonds is 5. The number of carbonyl (C=O) groups excluding carboxylic acids is 1. The molecule has 1 fully saturated rings. The highest BCUT2D eigenvalue weighted by molar-refractivity contribution is 6.04. The summed E-state index contributed by atoms with van der Waals surface area (Å²) in [6, 6.07) is 16.5. The van der Waals surface area contributed by atoms with Crippen LogP contribution in [0.1, 0.15) is 24.0 Å². The largest absolute Gasteiger partial charge is 0.352 e. The van der Waals surface area contributed by atoms with E-state index in [1.54, 1.807) is 0 Å². The first-order chi connectivity index (χ1) is 15.6. The third kappa shape index (κ3) is 4.16. The number of aromatic nitrogens is 3. The van der Waals surface area contributed by atoms with Crippen LogP contribution >= 0.6 is 0 Å². The third-order valence-electron chi connectivity index (χ3n) is 6.24. The predicted molar refractivity (Wildman–Crippen MR) is 125 cm³/mol. The van der Waals surface area contributed by atoms with Crippen LogP contribution in [-0.2, 0) is 17.9 Å². The van der Waals surface area contributed by atoms with Gasteiger partial charge in [-0.05, 0) is 37.5 Å². The van der Waals surface area contributed by atoms with E-state index in [0.29, 0.717) is 11.0 Å². The van der Waals surface area contributed by atoms with Gasteiger partial charge in [0.25, 0.3) is 5.56 Å². The topological polar surface area (TPSA) is 83.0 Å². The fourth-order valence-electron chi connectivity index (χ4n) is 4.52. The summed E-state index contributed by atoms with van der Waals surface area (Å²) in [4.78, 5) is 35.6. The minimum absolute atomic E-state index is 0.0274. The molecule has 32 heavy (non-hydrogen) atoms. The number of aromatic amines is 1. The Balaban J connectivity index is 1.21. The van der Waals surface area contributed by atoms with Gasteiger partial charge >= 0.3 is 0 Å². The first-order valence-electron chi connectivity index (χ1n) is 11.1. The van der Waals surface area contributed by atoms with Crippen LogP contribution in [-0.4, -0.2) is 44.5 Å². The predicted octanol–water partition coefficient (Wildman–Crippen LogP) is 2.97. The van der Waals surface area contributed by atoms with Crippen molar-refractivity contribution >= 4 is 27.8 Å². The van der Waals surface area contributed by atoms with Crippen LogP contribution in [0.4, 0.5) is 0 Å². The van der Waals surface area contributed by atoms with Crippen LogP contribution in [0.2, 0.25) is 0 Å². The first-order valence-corrected chi connectivity index (χ1v) is 11.1. The number of amides is 1. The molecular weight excluding hydrogens is 402 g/mol. The maximum Gasteiger partial charge on any atom is 0.278 e. The number of aryl methyl sites for hydroxylation is 1. The molecule has 0 atom stereocenters. The second-order valence-corrected chi connectivity index (χ2v) is 8.68. The number of benzene rings is 2. The molecular formula is C25H27N5O2. The molecule has 1 aliphatic rings. The van der Waals surface area contributed by atoms with Gasteiger partial charge in [0.2, 0.25) is 5.91 Å². The summed E-state index contributed by atoms with van der Waals surface area (Å²) in [6.07, 6.45) is 3.29. The Morgan fingerprint density at radius 3 is 2.72 bits per heavy atom. The van der Waals surface area contributed by atoms with Crippen LogP contribution < -0.4 is 10.9 Å². The van der Waals surface area contributed by atoms with Gasteiger partial charge in [0.05, 0.1) is 6.33 Å². The zero-order valence-electron chi connectivity index (χ0n) is 18.2. The lowest BCUT2D eigenvalue weighted by molar-refractivity contribution is -0.122. The molecule has 7 nitrogen and oxygen atoms in total. The number of nitrogens with one attached hydrogen (secondary N) is 2. The highest BCUT2D eigenvalue weighted by Gasteiger charge is 2.21. The molecule has 0 bridgehead atoms. The molecule has 2 N–H and O–H groups in total. The highest BCUT2D eigenvalue weighted by Crippen LogP contribution is 2.22. The number of nitrogens with zero attached hydrogens (tertiary/aromatic N) is 3. The molecule has 3 heterocycles. The number of carbonyl (C=O) groups is 1. The van der Waals surface area contributed by atoms with Crippen LogP contribution in [0.15, 0.2) is 59.7 Å². The lowest BCUT2D eigenvalue weighted by Gasteiger charge is -2.32. The summed E-state index contributed by atoms with van der Waals surface area (Å²) in [5, 5.41) is 4.02. The van der Waals surface area contributed by atoms with E-state index < -0.39 is 0 Å². The van der Waals surface area contributed by atoms with E-state index in [1.807, 2.05) is 31.2 Å². The van der Waals surface area contributed by atoms with Gasteiger partial charge in [0.1, 0.15) is 17.6 Å². The fraction of sp³-hybridized carbons (Fsp3) is 0.320. The van der Waals surface area contributed by atoms with Gasteiger partial charge in [0, 0.05) is 36.6 Å². The molecule has 5 rings (SSSR count). The van der Waals surface area contributed by atoms with E-state index in [2.05, 4.69) is 44.5 Å². The Morgan fingerprint density at radius 1 is 1.16 bits per heavy atom. The Morgan fingerprint density at radius 2 is 1.94 bits per heavy atom. The van der Waals surface area contributed by atoms with Gasteiger partial charge < -0.3 is 10.3 Å². The number of fused-ring (bicyclic) bond motifs is 3. The smallest absolute Gasteiger partial charge is 0.278 e. The third-order valence-corrected chi connectivity index (χ3v) is 6.24. The van der Waals surface area contributed by atoms with Crippen LogP contribution in [0.3, 0.4) is 0 Å². The lowest BCUT2D eigenvalue weighted by Crippen LogP contribution is -2.45. The van der Waals surface area contributed by atoms with Crippen molar-refractivity contribution in [1.82, 2.24) is 24.8 Å². The van der Waals surface area contributed by atoms with E-state index in [-0.39, 0.29) is 24.1 Å². The standard InChI is InChI=1S/C25H27N5O2/c1-17-7-8-21-20(13-17)23-24(28-21)25(32)30(16-26-23)15-22(31)27-19-9-11-29(12-10-19)14-18-5-3-2-4-6-18/h2-8,13,16,19,28H,9-12,14-15H2,1H3,(H,27,31). The summed E-state index contributed by atoms with van der Waals surface area (Å²) in [5.41, 5.74) is 4.16. The Hall–Kier alpha value is -3.45. The molecule has 0 saturated carbocycles. The van der Waals surface area contributed by atoms with Crippen molar-refractivity contribution in [2.45, 2.75) is 38.9 Å². The average molecular weight is 430 g/mol. The number of hydrogen-bond donors (Lipinski definition) is 2. The summed E-state index contributed by atoms with van der Waals surface area (Å²) >= 11 is 0. The van der Waals surface area contributed by atoms with Crippen molar-refractivity contribution in [3.8, 4) is 0 Å². The van der Waals surface area contributed by atoms with E-state index >= 15 is 0 Å². The summed E-state index contributed by atoms with van der Waals surface area (Å²) in [7, 11) is 0. The molecule has 1 amide bonds. The molecule has 1 aliphatic heterocycles. The minimum Gasteiger partial charge on any atom is -0.352 e. The summed E-state index contributed by atoms with van der Waals surface area (Å²) < 4.78 is 1.38. The van der Waals surface area contributed by atoms with Gasteiger partial charge in [-0.2, -0.15) is 0 Å². The van der Waals surface area contributed by atoms with Gasteiger partial charge in [-0.25, -0.2) is 4.98 Å². The molecule has 7 heteroatoms. The monoisotopic (exact) mass is 429 g/mol. The van der Waals surface area contributed by atoms with Crippen molar-refractivity contribution in [3.63, 3.8) is 0 Å². The quantitative estimate of drug-likeness (QED) is 0.511. The van der Waals surface area contributed by atoms with Gasteiger partial charge in [-0.1, -0.05) is 42.0 Å². The normalized spacial score (nSPS) is 15.4. The molecule has 0 aliphatic carbocycles. The first kappa shape index (κ1) is 20.5. The molecule has 2 aromatic heterocycles. The number of likely N-dealkylation sites (tertiary alicyclic amines) is 1. The molecule has 1 saturated heterocycles. The lowest BCUT2D eigenvalue weighted by atomic mass is 10.0. The zero-order chi connectivity index (χ0) is 22.1. The van der Waals surface area contributed by atoms with Crippen molar-refractivity contribution in [2.24, 2.45) is 0 Å². The second kappa shape index (κ2) is 8.59. The molecule has 0 radical (unpaired) electrons. The Labute approximate surface area is 186 Å². The molecule has 0 unspecified atom stereocenters.